The first-order valence-electron chi connectivity index (χ1n) is 10.5. The number of benzene rings is 2. The first kappa shape index (κ1) is 17.6. The van der Waals surface area contributed by atoms with Crippen molar-refractivity contribution in [2.75, 3.05) is 0 Å². The lowest BCUT2D eigenvalue weighted by molar-refractivity contribution is 0.179. The van der Waals surface area contributed by atoms with E-state index in [1.807, 2.05) is 0 Å². The van der Waals surface area contributed by atoms with Crippen LogP contribution in [0.2, 0.25) is 0 Å². The van der Waals surface area contributed by atoms with Crippen molar-refractivity contribution in [3.63, 3.8) is 0 Å². The van der Waals surface area contributed by atoms with Crippen LogP contribution in [0.5, 0.6) is 0 Å². The molecule has 0 atom stereocenters. The van der Waals surface area contributed by atoms with Crippen LogP contribution in [0.4, 0.5) is 0 Å². The second-order valence-electron chi connectivity index (χ2n) is 8.83. The summed E-state index contributed by atoms with van der Waals surface area (Å²) in [6.45, 7) is 6.82. The maximum atomic E-state index is 2.54. The fraction of sp³-hybridized carbons (Fsp3) is 0.462. The van der Waals surface area contributed by atoms with Crippen LogP contribution >= 0.6 is 0 Å². The summed E-state index contributed by atoms with van der Waals surface area (Å²) in [5.41, 5.74) is 10.7. The van der Waals surface area contributed by atoms with Crippen molar-refractivity contribution in [3.8, 4) is 11.1 Å². The Labute approximate surface area is 159 Å². The molecule has 4 rings (SSSR count). The van der Waals surface area contributed by atoms with Crippen LogP contribution in [-0.2, 0) is 6.42 Å². The number of hydrogen-bond acceptors (Lipinski definition) is 0. The summed E-state index contributed by atoms with van der Waals surface area (Å²) in [5, 5.41) is 0. The van der Waals surface area contributed by atoms with Crippen LogP contribution in [0.15, 0.2) is 42.0 Å². The van der Waals surface area contributed by atoms with E-state index < -0.39 is 0 Å². The second-order valence-corrected chi connectivity index (χ2v) is 8.83. The van der Waals surface area contributed by atoms with Gasteiger partial charge in [-0.3, -0.25) is 0 Å². The summed E-state index contributed by atoms with van der Waals surface area (Å²) in [5.74, 6) is 0. The van der Waals surface area contributed by atoms with E-state index >= 15 is 0 Å². The maximum absolute atomic E-state index is 2.54. The Morgan fingerprint density at radius 3 is 2.35 bits per heavy atom. The van der Waals surface area contributed by atoms with Gasteiger partial charge in [0.2, 0.25) is 0 Å². The summed E-state index contributed by atoms with van der Waals surface area (Å²) < 4.78 is 0. The third kappa shape index (κ3) is 3.39. The molecule has 0 radical (unpaired) electrons. The molecular formula is C26H32. The van der Waals surface area contributed by atoms with Crippen LogP contribution in [-0.4, -0.2) is 0 Å². The zero-order valence-electron chi connectivity index (χ0n) is 16.7. The minimum atomic E-state index is 0.576. The topological polar surface area (TPSA) is 0 Å². The molecule has 0 aliphatic heterocycles. The molecule has 0 nitrogen and oxygen atoms in total. The van der Waals surface area contributed by atoms with Crippen LogP contribution in [0.3, 0.4) is 0 Å². The highest BCUT2D eigenvalue weighted by atomic mass is 14.4. The molecule has 2 aromatic carbocycles. The van der Waals surface area contributed by atoms with E-state index in [4.69, 9.17) is 0 Å². The van der Waals surface area contributed by atoms with Crippen LogP contribution in [0.25, 0.3) is 17.2 Å². The molecular weight excluding hydrogens is 312 g/mol. The Bertz CT molecular complexity index is 811. The van der Waals surface area contributed by atoms with E-state index in [2.05, 4.69) is 63.2 Å². The molecule has 0 heteroatoms. The minimum absolute atomic E-state index is 0.576. The lowest BCUT2D eigenvalue weighted by atomic mass is 9.68. The molecule has 2 aromatic rings. The van der Waals surface area contributed by atoms with Crippen molar-refractivity contribution < 1.29 is 0 Å². The van der Waals surface area contributed by atoms with Crippen molar-refractivity contribution >= 4 is 6.08 Å². The summed E-state index contributed by atoms with van der Waals surface area (Å²) in [7, 11) is 0. The molecule has 136 valence electrons. The number of hydrogen-bond donors (Lipinski definition) is 0. The van der Waals surface area contributed by atoms with Crippen molar-refractivity contribution in [3.05, 3.63) is 64.2 Å². The summed E-state index contributed by atoms with van der Waals surface area (Å²) in [6, 6.07) is 13.8. The van der Waals surface area contributed by atoms with Gasteiger partial charge in [0.1, 0.15) is 0 Å². The second kappa shape index (κ2) is 7.06. The van der Waals surface area contributed by atoms with Crippen LogP contribution in [0.1, 0.15) is 74.1 Å². The average Bonchev–Trinajstić information content (AvgIpc) is 3.03. The molecule has 26 heavy (non-hydrogen) atoms. The summed E-state index contributed by atoms with van der Waals surface area (Å²) in [6.07, 6.45) is 13.5. The van der Waals surface area contributed by atoms with Gasteiger partial charge in [-0.1, -0.05) is 91.8 Å². The number of fused-ring (bicyclic) bond motifs is 1. The Morgan fingerprint density at radius 1 is 0.923 bits per heavy atom. The van der Waals surface area contributed by atoms with Gasteiger partial charge in [-0.15, -0.1) is 0 Å². The van der Waals surface area contributed by atoms with E-state index in [9.17, 15) is 0 Å². The van der Waals surface area contributed by atoms with Crippen molar-refractivity contribution in [1.29, 1.82) is 0 Å². The van der Waals surface area contributed by atoms with Crippen molar-refractivity contribution in [1.82, 2.24) is 0 Å². The zero-order valence-corrected chi connectivity index (χ0v) is 16.7. The van der Waals surface area contributed by atoms with Gasteiger partial charge in [-0.2, -0.15) is 0 Å². The largest absolute Gasteiger partial charge is 0.0648 e. The standard InChI is InChI=1S/C26H32/c1-4-26(11-6-5-7-12-26)18-21-16-22-9-8-10-24(25(22)17-21)23-14-19(2)13-20(3)15-23/h8-10,13-15,17H,4-7,11-12,16,18H2,1-3H3. The van der Waals surface area contributed by atoms with Crippen molar-refractivity contribution in [2.24, 2.45) is 5.41 Å². The Hall–Kier alpha value is -1.82. The maximum Gasteiger partial charge on any atom is -0.00574 e. The average molecular weight is 345 g/mol. The molecule has 1 fully saturated rings. The molecule has 1 saturated carbocycles. The van der Waals surface area contributed by atoms with Crippen LogP contribution < -0.4 is 0 Å². The normalized spacial score (nSPS) is 18.5. The van der Waals surface area contributed by atoms with Gasteiger partial charge in [0.25, 0.3) is 0 Å². The third-order valence-corrected chi connectivity index (χ3v) is 6.76. The third-order valence-electron chi connectivity index (χ3n) is 6.76. The molecule has 2 aliphatic carbocycles. The molecule has 0 N–H and O–H groups in total. The van der Waals surface area contributed by atoms with Gasteiger partial charge < -0.3 is 0 Å². The molecule has 0 amide bonds. The van der Waals surface area contributed by atoms with Crippen LogP contribution in [0, 0.1) is 19.3 Å². The highest BCUT2D eigenvalue weighted by Gasteiger charge is 2.32. The zero-order chi connectivity index (χ0) is 18.1. The van der Waals surface area contributed by atoms with E-state index in [0.29, 0.717) is 5.41 Å². The highest BCUT2D eigenvalue weighted by molar-refractivity contribution is 5.81. The van der Waals surface area contributed by atoms with Crippen molar-refractivity contribution in [2.45, 2.75) is 72.1 Å². The molecule has 0 spiro atoms. The fourth-order valence-electron chi connectivity index (χ4n) is 5.37. The lowest BCUT2D eigenvalue weighted by Crippen LogP contribution is -2.23. The SMILES string of the molecule is CCC1(CC2=Cc3c(cccc3-c3cc(C)cc(C)c3)C2)CCCCC1. The summed E-state index contributed by atoms with van der Waals surface area (Å²) in [4.78, 5) is 0. The predicted octanol–water partition coefficient (Wildman–Crippen LogP) is 7.66. The van der Waals surface area contributed by atoms with Gasteiger partial charge in [0.15, 0.2) is 0 Å². The van der Waals surface area contributed by atoms with Gasteiger partial charge in [0, 0.05) is 0 Å². The number of aryl methyl sites for hydroxylation is 2. The van der Waals surface area contributed by atoms with E-state index in [-0.39, 0.29) is 0 Å². The fourth-order valence-corrected chi connectivity index (χ4v) is 5.37. The molecule has 0 heterocycles. The van der Waals surface area contributed by atoms with E-state index in [1.54, 1.807) is 5.57 Å². The number of allylic oxidation sites excluding steroid dienone is 1. The highest BCUT2D eigenvalue weighted by Crippen LogP contribution is 2.46. The molecule has 0 saturated heterocycles. The Balaban J connectivity index is 1.67. The van der Waals surface area contributed by atoms with E-state index in [0.717, 1.165) is 6.42 Å². The Kier molecular flexibility index (Phi) is 4.78. The smallest absolute Gasteiger partial charge is 0.00574 e. The molecule has 0 unspecified atom stereocenters. The lowest BCUT2D eigenvalue weighted by Gasteiger charge is -2.37. The van der Waals surface area contributed by atoms with Gasteiger partial charge in [0.05, 0.1) is 0 Å². The number of rotatable bonds is 4. The quantitative estimate of drug-likeness (QED) is 0.534. The van der Waals surface area contributed by atoms with E-state index in [1.165, 1.54) is 78.3 Å². The molecule has 0 aromatic heterocycles. The van der Waals surface area contributed by atoms with Gasteiger partial charge in [-0.25, -0.2) is 0 Å². The van der Waals surface area contributed by atoms with Gasteiger partial charge in [-0.05, 0) is 67.2 Å². The first-order chi connectivity index (χ1) is 12.6. The molecule has 2 aliphatic rings. The predicted molar refractivity (Wildman–Crippen MR) is 113 cm³/mol. The monoisotopic (exact) mass is 344 g/mol. The minimum Gasteiger partial charge on any atom is -0.0648 e. The molecule has 0 bridgehead atoms. The first-order valence-corrected chi connectivity index (χ1v) is 10.5. The van der Waals surface area contributed by atoms with Gasteiger partial charge >= 0.3 is 0 Å². The Morgan fingerprint density at radius 2 is 1.65 bits per heavy atom. The summed E-state index contributed by atoms with van der Waals surface area (Å²) >= 11 is 0.